The van der Waals surface area contributed by atoms with Crippen molar-refractivity contribution >= 4 is 17.7 Å². The monoisotopic (exact) mass is 357 g/mol. The number of thioether (sulfide) groups is 1. The average molecular weight is 358 g/mol. The van der Waals surface area contributed by atoms with Crippen molar-refractivity contribution in [2.45, 2.75) is 62.0 Å². The van der Waals surface area contributed by atoms with Crippen molar-refractivity contribution in [3.05, 3.63) is 0 Å². The molecule has 24 heavy (non-hydrogen) atoms. The van der Waals surface area contributed by atoms with Gasteiger partial charge in [0.2, 0.25) is 5.91 Å². The number of rotatable bonds is 7. The Morgan fingerprint density at radius 1 is 1.17 bits per heavy atom. The summed E-state index contributed by atoms with van der Waals surface area (Å²) in [7, 11) is 1.76. The summed E-state index contributed by atoms with van der Waals surface area (Å²) >= 11 is 2.00. The predicted octanol–water partition coefficient (Wildman–Crippen LogP) is 1.16. The van der Waals surface area contributed by atoms with Crippen molar-refractivity contribution < 1.29 is 14.3 Å². The number of hydrogen-bond donors (Lipinski definition) is 2. The zero-order valence-corrected chi connectivity index (χ0v) is 15.5. The first-order valence-corrected chi connectivity index (χ1v) is 10.3. The Bertz CT molecular complexity index is 401. The summed E-state index contributed by atoms with van der Waals surface area (Å²) < 4.78 is 11.4. The maximum atomic E-state index is 12.8. The molecule has 0 aromatic rings. The lowest BCUT2D eigenvalue weighted by Crippen LogP contribution is -2.48. The molecule has 0 radical (unpaired) electrons. The quantitative estimate of drug-likeness (QED) is 0.713. The van der Waals surface area contributed by atoms with E-state index in [2.05, 4.69) is 10.9 Å². The maximum Gasteiger partial charge on any atom is 0.248 e. The molecule has 3 aliphatic rings. The Morgan fingerprint density at radius 2 is 1.96 bits per heavy atom. The van der Waals surface area contributed by atoms with Crippen molar-refractivity contribution in [3.8, 4) is 0 Å². The fourth-order valence-corrected chi connectivity index (χ4v) is 5.14. The van der Waals surface area contributed by atoms with E-state index in [-0.39, 0.29) is 30.8 Å². The van der Waals surface area contributed by atoms with Gasteiger partial charge in [-0.3, -0.25) is 15.6 Å². The van der Waals surface area contributed by atoms with Crippen LogP contribution >= 0.6 is 11.8 Å². The van der Waals surface area contributed by atoms with Gasteiger partial charge >= 0.3 is 0 Å². The van der Waals surface area contributed by atoms with E-state index in [4.69, 9.17) is 9.47 Å². The third kappa shape index (κ3) is 5.08. The number of amides is 1. The van der Waals surface area contributed by atoms with E-state index in [1.54, 1.807) is 7.11 Å². The molecule has 0 aromatic carbocycles. The highest BCUT2D eigenvalue weighted by Gasteiger charge is 2.31. The molecule has 138 valence electrons. The van der Waals surface area contributed by atoms with Crippen LogP contribution in [0, 0.1) is 0 Å². The summed E-state index contributed by atoms with van der Waals surface area (Å²) in [6.07, 6.45) is 7.12. The number of hydrazine groups is 1. The van der Waals surface area contributed by atoms with Crippen molar-refractivity contribution in [1.29, 1.82) is 0 Å². The van der Waals surface area contributed by atoms with Crippen LogP contribution in [0.2, 0.25) is 0 Å². The summed E-state index contributed by atoms with van der Waals surface area (Å²) in [4.78, 5) is 14.9. The smallest absolute Gasteiger partial charge is 0.248 e. The zero-order valence-electron chi connectivity index (χ0n) is 14.7. The Kier molecular flexibility index (Phi) is 7.21. The van der Waals surface area contributed by atoms with Crippen LogP contribution in [0.1, 0.15) is 38.5 Å². The molecule has 1 amide bonds. The Morgan fingerprint density at radius 3 is 2.67 bits per heavy atom. The minimum atomic E-state index is 0.137. The minimum Gasteiger partial charge on any atom is -0.381 e. The van der Waals surface area contributed by atoms with E-state index < -0.39 is 0 Å². The topological polar surface area (TPSA) is 62.8 Å². The number of hydrogen-bond acceptors (Lipinski definition) is 6. The summed E-state index contributed by atoms with van der Waals surface area (Å²) in [5, 5.41) is 0.585. The predicted molar refractivity (Wildman–Crippen MR) is 96.0 cm³/mol. The van der Waals surface area contributed by atoms with E-state index in [0.29, 0.717) is 5.25 Å². The maximum absolute atomic E-state index is 12.8. The highest BCUT2D eigenvalue weighted by molar-refractivity contribution is 8.00. The minimum absolute atomic E-state index is 0.137. The number of carbonyl (C=O) groups is 1. The molecule has 3 fully saturated rings. The van der Waals surface area contributed by atoms with Gasteiger partial charge in [0, 0.05) is 32.0 Å². The van der Waals surface area contributed by atoms with Gasteiger partial charge in [-0.2, -0.15) is 11.8 Å². The largest absolute Gasteiger partial charge is 0.381 e. The lowest BCUT2D eigenvalue weighted by Gasteiger charge is -2.32. The molecule has 3 unspecified atom stereocenters. The third-order valence-corrected chi connectivity index (χ3v) is 6.72. The van der Waals surface area contributed by atoms with Crippen LogP contribution in [0.4, 0.5) is 0 Å². The molecular formula is C17H31N3O3S. The molecule has 3 rings (SSSR count). The molecule has 2 saturated heterocycles. The number of nitrogens with one attached hydrogen (secondary N) is 2. The molecule has 2 heterocycles. The van der Waals surface area contributed by atoms with Gasteiger partial charge in [-0.25, -0.2) is 0 Å². The number of carbonyl (C=O) groups excluding carboxylic acids is 1. The highest BCUT2D eigenvalue weighted by atomic mass is 32.2. The van der Waals surface area contributed by atoms with Gasteiger partial charge < -0.3 is 14.4 Å². The normalized spacial score (nSPS) is 31.5. The summed E-state index contributed by atoms with van der Waals surface area (Å²) in [5.74, 6) is 1.36. The molecule has 3 atom stereocenters. The molecular weight excluding hydrogens is 326 g/mol. The Labute approximate surface area is 149 Å². The van der Waals surface area contributed by atoms with E-state index >= 15 is 0 Å². The fourth-order valence-electron chi connectivity index (χ4n) is 3.87. The fraction of sp³-hybridized carbons (Fsp3) is 0.941. The molecule has 1 aliphatic carbocycles. The van der Waals surface area contributed by atoms with Crippen molar-refractivity contribution in [2.24, 2.45) is 0 Å². The first kappa shape index (κ1) is 18.5. The summed E-state index contributed by atoms with van der Waals surface area (Å²) in [5.41, 5.74) is 6.29. The molecule has 0 spiro atoms. The third-order valence-electron chi connectivity index (χ3n) is 5.34. The summed E-state index contributed by atoms with van der Waals surface area (Å²) in [6.45, 7) is 2.69. The standard InChI is InChI=1S/C17H31N3O3S/c1-22-14-4-2-5-15(8-14)23-12-17(21)20(13-9-18-19-10-13)11-16-6-3-7-24-16/h13-16,18-19H,2-12H2,1H3. The van der Waals surface area contributed by atoms with Crippen molar-refractivity contribution in [2.75, 3.05) is 39.1 Å². The van der Waals surface area contributed by atoms with Crippen molar-refractivity contribution in [3.63, 3.8) is 0 Å². The van der Waals surface area contributed by atoms with Crippen LogP contribution in [0.3, 0.4) is 0 Å². The van der Waals surface area contributed by atoms with Crippen LogP contribution < -0.4 is 10.9 Å². The SMILES string of the molecule is COC1CCCC(OCC(=O)N(CC2CCCS2)C2CNNC2)C1. The van der Waals surface area contributed by atoms with Gasteiger partial charge in [-0.05, 0) is 44.3 Å². The van der Waals surface area contributed by atoms with Gasteiger partial charge in [0.25, 0.3) is 0 Å². The van der Waals surface area contributed by atoms with Crippen LogP contribution in [0.5, 0.6) is 0 Å². The van der Waals surface area contributed by atoms with Gasteiger partial charge in [0.1, 0.15) is 6.61 Å². The Hall–Kier alpha value is -0.340. The van der Waals surface area contributed by atoms with Gasteiger partial charge in [-0.15, -0.1) is 0 Å². The van der Waals surface area contributed by atoms with Gasteiger partial charge in [-0.1, -0.05) is 0 Å². The average Bonchev–Trinajstić information content (AvgIpc) is 3.31. The Balaban J connectivity index is 1.50. The number of nitrogens with zero attached hydrogens (tertiary/aromatic N) is 1. The molecule has 2 aliphatic heterocycles. The van der Waals surface area contributed by atoms with Crippen molar-refractivity contribution in [1.82, 2.24) is 15.8 Å². The molecule has 0 bridgehead atoms. The van der Waals surface area contributed by atoms with Crippen LogP contribution in [-0.2, 0) is 14.3 Å². The highest BCUT2D eigenvalue weighted by Crippen LogP contribution is 2.28. The zero-order chi connectivity index (χ0) is 16.8. The summed E-state index contributed by atoms with van der Waals surface area (Å²) in [6, 6.07) is 0.236. The second-order valence-corrected chi connectivity index (χ2v) is 8.46. The van der Waals surface area contributed by atoms with Gasteiger partial charge in [0.15, 0.2) is 0 Å². The van der Waals surface area contributed by atoms with Crippen LogP contribution in [0.15, 0.2) is 0 Å². The van der Waals surface area contributed by atoms with Crippen LogP contribution in [0.25, 0.3) is 0 Å². The van der Waals surface area contributed by atoms with E-state index in [0.717, 1.165) is 45.3 Å². The van der Waals surface area contributed by atoms with E-state index in [1.807, 2.05) is 16.7 Å². The number of ether oxygens (including phenoxy) is 2. The molecule has 0 aromatic heterocycles. The van der Waals surface area contributed by atoms with Crippen LogP contribution in [-0.4, -0.2) is 73.4 Å². The molecule has 2 N–H and O–H groups in total. The number of methoxy groups -OCH3 is 1. The second kappa shape index (κ2) is 9.38. The lowest BCUT2D eigenvalue weighted by molar-refractivity contribution is -0.141. The lowest BCUT2D eigenvalue weighted by atomic mass is 9.95. The molecule has 7 heteroatoms. The molecule has 6 nitrogen and oxygen atoms in total. The second-order valence-electron chi connectivity index (χ2n) is 7.05. The first-order valence-electron chi connectivity index (χ1n) is 9.27. The van der Waals surface area contributed by atoms with Gasteiger partial charge in [0.05, 0.1) is 18.2 Å². The first-order chi connectivity index (χ1) is 11.8. The van der Waals surface area contributed by atoms with E-state index in [1.165, 1.54) is 18.6 Å². The van der Waals surface area contributed by atoms with E-state index in [9.17, 15) is 4.79 Å². The molecule has 1 saturated carbocycles.